The number of hydrogen-bond acceptors (Lipinski definition) is 6. The van der Waals surface area contributed by atoms with E-state index in [0.717, 1.165) is 5.56 Å². The van der Waals surface area contributed by atoms with Gasteiger partial charge in [-0.3, -0.25) is 9.59 Å². The number of hydrogen-bond donors (Lipinski definition) is 2. The molecule has 0 fully saturated rings. The minimum absolute atomic E-state index is 0.251. The fourth-order valence-electron chi connectivity index (χ4n) is 2.29. The van der Waals surface area contributed by atoms with Crippen molar-refractivity contribution in [2.24, 2.45) is 12.8 Å². The highest BCUT2D eigenvalue weighted by atomic mass is 16.5. The summed E-state index contributed by atoms with van der Waals surface area (Å²) < 4.78 is 6.75. The number of amides is 2. The van der Waals surface area contributed by atoms with Gasteiger partial charge in [0.1, 0.15) is 5.75 Å². The van der Waals surface area contributed by atoms with Crippen molar-refractivity contribution >= 4 is 17.5 Å². The number of carbonyl (C=O) groups excluding carboxylic acids is 2. The van der Waals surface area contributed by atoms with Gasteiger partial charge < -0.3 is 15.8 Å². The third-order valence-corrected chi connectivity index (χ3v) is 3.48. The Labute approximate surface area is 148 Å². The molecule has 0 bridgehead atoms. The molecule has 0 spiro atoms. The highest BCUT2D eigenvalue weighted by Crippen LogP contribution is 2.21. The molecule has 1 aromatic heterocycles. The number of nitrogens with one attached hydrogen (secondary N) is 1. The zero-order chi connectivity index (χ0) is 18.5. The van der Waals surface area contributed by atoms with Gasteiger partial charge in [0, 0.05) is 23.9 Å². The third kappa shape index (κ3) is 4.01. The summed E-state index contributed by atoms with van der Waals surface area (Å²) in [6.45, 7) is -0.251. The van der Waals surface area contributed by atoms with Crippen molar-refractivity contribution in [2.75, 3.05) is 11.9 Å². The topological polar surface area (TPSA) is 125 Å². The normalized spacial score (nSPS) is 10.3. The molecule has 9 heteroatoms. The maximum Gasteiger partial charge on any atom is 0.255 e. The first-order valence-corrected chi connectivity index (χ1v) is 7.68. The van der Waals surface area contributed by atoms with Gasteiger partial charge in [0.2, 0.25) is 0 Å². The first-order valence-electron chi connectivity index (χ1n) is 7.68. The van der Waals surface area contributed by atoms with Gasteiger partial charge in [-0.1, -0.05) is 18.2 Å². The number of anilines is 1. The standard InChI is InChI=1S/C17H16N6O3/c1-23-16(20-21-22-23)11-4-2-6-13(8-11)19-17(25)12-5-3-7-14(9-12)26-10-15(18)24/h2-9H,10H2,1H3,(H2,18,24)(H,19,25). The number of aromatic nitrogens is 4. The SMILES string of the molecule is Cn1nnnc1-c1cccc(NC(=O)c2cccc(OCC(N)=O)c2)c1. The molecule has 2 aromatic carbocycles. The molecule has 0 saturated heterocycles. The van der Waals surface area contributed by atoms with Crippen LogP contribution in [0.3, 0.4) is 0 Å². The van der Waals surface area contributed by atoms with Crippen LogP contribution in [0.25, 0.3) is 11.4 Å². The number of benzene rings is 2. The van der Waals surface area contributed by atoms with Crippen LogP contribution in [0.2, 0.25) is 0 Å². The zero-order valence-electron chi connectivity index (χ0n) is 13.9. The molecule has 0 aliphatic carbocycles. The Balaban J connectivity index is 1.75. The van der Waals surface area contributed by atoms with Gasteiger partial charge in [-0.2, -0.15) is 0 Å². The molecule has 9 nitrogen and oxygen atoms in total. The summed E-state index contributed by atoms with van der Waals surface area (Å²) in [5.74, 6) is 0.0657. The second-order valence-corrected chi connectivity index (χ2v) is 5.44. The number of nitrogens with zero attached hydrogens (tertiary/aromatic N) is 4. The van der Waals surface area contributed by atoms with Gasteiger partial charge in [0.25, 0.3) is 11.8 Å². The van der Waals surface area contributed by atoms with Gasteiger partial charge in [-0.15, -0.1) is 5.10 Å². The van der Waals surface area contributed by atoms with Crippen molar-refractivity contribution in [3.8, 4) is 17.1 Å². The van der Waals surface area contributed by atoms with E-state index in [1.165, 1.54) is 6.07 Å². The molecule has 0 atom stereocenters. The summed E-state index contributed by atoms with van der Waals surface area (Å²) in [4.78, 5) is 23.3. The van der Waals surface area contributed by atoms with Crippen LogP contribution >= 0.6 is 0 Å². The van der Waals surface area contributed by atoms with E-state index in [1.54, 1.807) is 48.1 Å². The lowest BCUT2D eigenvalue weighted by Crippen LogP contribution is -2.20. The highest BCUT2D eigenvalue weighted by Gasteiger charge is 2.10. The molecule has 26 heavy (non-hydrogen) atoms. The van der Waals surface area contributed by atoms with E-state index in [-0.39, 0.29) is 12.5 Å². The number of nitrogens with two attached hydrogens (primary N) is 1. The Morgan fingerprint density at radius 3 is 2.73 bits per heavy atom. The van der Waals surface area contributed by atoms with E-state index >= 15 is 0 Å². The van der Waals surface area contributed by atoms with Crippen LogP contribution in [0, 0.1) is 0 Å². The lowest BCUT2D eigenvalue weighted by molar-refractivity contribution is -0.119. The molecular formula is C17H16N6O3. The predicted octanol–water partition coefficient (Wildman–Crippen LogP) is 0.993. The van der Waals surface area contributed by atoms with Crippen molar-refractivity contribution in [3.05, 3.63) is 54.1 Å². The Morgan fingerprint density at radius 1 is 1.19 bits per heavy atom. The predicted molar refractivity (Wildman–Crippen MR) is 93.3 cm³/mol. The molecule has 2 amide bonds. The van der Waals surface area contributed by atoms with Crippen LogP contribution in [0.1, 0.15) is 10.4 Å². The summed E-state index contributed by atoms with van der Waals surface area (Å²) in [5, 5.41) is 14.2. The fraction of sp³-hybridized carbons (Fsp3) is 0.118. The minimum Gasteiger partial charge on any atom is -0.484 e. The van der Waals surface area contributed by atoms with Crippen LogP contribution in [-0.4, -0.2) is 38.6 Å². The van der Waals surface area contributed by atoms with E-state index in [0.29, 0.717) is 22.8 Å². The molecule has 0 radical (unpaired) electrons. The van der Waals surface area contributed by atoms with E-state index in [1.807, 2.05) is 6.07 Å². The number of aryl methyl sites for hydroxylation is 1. The van der Waals surface area contributed by atoms with Crippen molar-refractivity contribution < 1.29 is 14.3 Å². The van der Waals surface area contributed by atoms with E-state index < -0.39 is 5.91 Å². The highest BCUT2D eigenvalue weighted by molar-refractivity contribution is 6.04. The second kappa shape index (κ2) is 7.43. The fourth-order valence-corrected chi connectivity index (χ4v) is 2.29. The molecule has 132 valence electrons. The molecule has 3 rings (SSSR count). The molecule has 3 N–H and O–H groups in total. The molecule has 3 aromatic rings. The van der Waals surface area contributed by atoms with Crippen molar-refractivity contribution in [1.29, 1.82) is 0 Å². The maximum absolute atomic E-state index is 12.5. The van der Waals surface area contributed by atoms with E-state index in [4.69, 9.17) is 10.5 Å². The van der Waals surface area contributed by atoms with Crippen LogP contribution in [0.4, 0.5) is 5.69 Å². The molecule has 1 heterocycles. The number of carbonyl (C=O) groups is 2. The number of tetrazole rings is 1. The summed E-state index contributed by atoms with van der Waals surface area (Å²) in [6.07, 6.45) is 0. The quantitative estimate of drug-likeness (QED) is 0.681. The van der Waals surface area contributed by atoms with E-state index in [2.05, 4.69) is 20.8 Å². The maximum atomic E-state index is 12.5. The monoisotopic (exact) mass is 352 g/mol. The van der Waals surface area contributed by atoms with Crippen molar-refractivity contribution in [1.82, 2.24) is 20.2 Å². The summed E-state index contributed by atoms with van der Waals surface area (Å²) in [5.41, 5.74) is 6.80. The van der Waals surface area contributed by atoms with Gasteiger partial charge in [-0.25, -0.2) is 4.68 Å². The Morgan fingerprint density at radius 2 is 2.00 bits per heavy atom. The first kappa shape index (κ1) is 17.1. The second-order valence-electron chi connectivity index (χ2n) is 5.44. The smallest absolute Gasteiger partial charge is 0.255 e. The lowest BCUT2D eigenvalue weighted by Gasteiger charge is -2.09. The van der Waals surface area contributed by atoms with Crippen molar-refractivity contribution in [2.45, 2.75) is 0 Å². The third-order valence-electron chi connectivity index (χ3n) is 3.48. The van der Waals surface area contributed by atoms with Gasteiger partial charge >= 0.3 is 0 Å². The van der Waals surface area contributed by atoms with Gasteiger partial charge in [0.15, 0.2) is 12.4 Å². The van der Waals surface area contributed by atoms with Crippen molar-refractivity contribution in [3.63, 3.8) is 0 Å². The zero-order valence-corrected chi connectivity index (χ0v) is 13.9. The summed E-state index contributed by atoms with van der Waals surface area (Å²) >= 11 is 0. The molecule has 0 aliphatic rings. The Bertz CT molecular complexity index is 953. The van der Waals surface area contributed by atoms with Crippen LogP contribution in [0.15, 0.2) is 48.5 Å². The number of ether oxygens (including phenoxy) is 1. The Kier molecular flexibility index (Phi) is 4.88. The number of primary amides is 1. The Hall–Kier alpha value is -3.75. The largest absolute Gasteiger partial charge is 0.484 e. The first-order chi connectivity index (χ1) is 12.5. The van der Waals surface area contributed by atoms with Crippen LogP contribution in [0.5, 0.6) is 5.75 Å². The molecule has 0 aliphatic heterocycles. The van der Waals surface area contributed by atoms with Gasteiger partial charge in [-0.05, 0) is 40.8 Å². The molecule has 0 saturated carbocycles. The molecular weight excluding hydrogens is 336 g/mol. The van der Waals surface area contributed by atoms with Crippen LogP contribution in [-0.2, 0) is 11.8 Å². The summed E-state index contributed by atoms with van der Waals surface area (Å²) in [7, 11) is 1.73. The average molecular weight is 352 g/mol. The van der Waals surface area contributed by atoms with Crippen LogP contribution < -0.4 is 15.8 Å². The number of rotatable bonds is 6. The summed E-state index contributed by atoms with van der Waals surface area (Å²) in [6, 6.07) is 13.7. The lowest BCUT2D eigenvalue weighted by atomic mass is 10.1. The van der Waals surface area contributed by atoms with E-state index in [9.17, 15) is 9.59 Å². The molecule has 0 unspecified atom stereocenters. The average Bonchev–Trinajstić information content (AvgIpc) is 3.06. The minimum atomic E-state index is -0.588. The van der Waals surface area contributed by atoms with Gasteiger partial charge in [0.05, 0.1) is 0 Å².